The van der Waals surface area contributed by atoms with Crippen molar-refractivity contribution in [2.45, 2.75) is 12.8 Å². The Kier molecular flexibility index (Phi) is 5.19. The van der Waals surface area contributed by atoms with Crippen LogP contribution in [0.2, 0.25) is 0 Å². The summed E-state index contributed by atoms with van der Waals surface area (Å²) in [5, 5.41) is 2.89. The van der Waals surface area contributed by atoms with E-state index in [1.165, 1.54) is 12.1 Å². The van der Waals surface area contributed by atoms with Gasteiger partial charge in [0.1, 0.15) is 17.3 Å². The lowest BCUT2D eigenvalue weighted by Gasteiger charge is -2.28. The predicted molar refractivity (Wildman–Crippen MR) is 117 cm³/mol. The van der Waals surface area contributed by atoms with E-state index in [1.54, 1.807) is 12.4 Å². The first-order valence-corrected chi connectivity index (χ1v) is 10.5. The largest absolute Gasteiger partial charge is 0.370 e. The number of halogens is 1. The number of carbonyl (C=O) groups excluding carboxylic acids is 1. The minimum atomic E-state index is -0.228. The molecule has 0 bridgehead atoms. The Morgan fingerprint density at radius 3 is 2.58 bits per heavy atom. The number of nitrogens with one attached hydrogen (secondary N) is 1. The zero-order chi connectivity index (χ0) is 21.2. The second kappa shape index (κ2) is 8.29. The monoisotopic (exact) mass is 418 g/mol. The number of carbonyl (C=O) groups is 1. The highest BCUT2D eigenvalue weighted by Gasteiger charge is 2.27. The van der Waals surface area contributed by atoms with E-state index in [0.29, 0.717) is 24.5 Å². The van der Waals surface area contributed by atoms with Gasteiger partial charge in [-0.2, -0.15) is 0 Å². The number of anilines is 2. The molecule has 0 saturated carbocycles. The number of rotatable bonds is 3. The van der Waals surface area contributed by atoms with E-state index in [9.17, 15) is 9.18 Å². The molecule has 0 unspecified atom stereocenters. The number of benzene rings is 1. The quantitative estimate of drug-likeness (QED) is 0.705. The molecule has 31 heavy (non-hydrogen) atoms. The number of fused-ring (bicyclic) bond motifs is 1. The van der Waals surface area contributed by atoms with Crippen LogP contribution in [0.25, 0.3) is 11.4 Å². The lowest BCUT2D eigenvalue weighted by molar-refractivity contribution is 0.0940. The highest BCUT2D eigenvalue weighted by atomic mass is 19.1. The number of aromatic nitrogens is 3. The Morgan fingerprint density at radius 1 is 0.968 bits per heavy atom. The Hall–Kier alpha value is -3.55. The molecular formula is C23H23FN6O. The fourth-order valence-electron chi connectivity index (χ4n) is 4.20. The molecule has 0 spiro atoms. The van der Waals surface area contributed by atoms with Gasteiger partial charge in [0.15, 0.2) is 5.82 Å². The molecular weight excluding hydrogens is 395 g/mol. The fourth-order valence-corrected chi connectivity index (χ4v) is 4.20. The standard InChI is InChI=1S/C23H23FN6O/c24-17-4-6-18(7-5-17)29-11-2-12-30(14-13-29)22-19-8-10-26-23(31)20(19)27-21(28-22)16-3-1-9-25-15-16/h1,3-7,9,15H,2,8,10-14H2,(H,26,31). The van der Waals surface area contributed by atoms with Crippen molar-refractivity contribution in [2.24, 2.45) is 0 Å². The van der Waals surface area contributed by atoms with Crippen LogP contribution >= 0.6 is 0 Å². The Morgan fingerprint density at radius 2 is 1.77 bits per heavy atom. The molecule has 1 aromatic carbocycles. The summed E-state index contributed by atoms with van der Waals surface area (Å²) >= 11 is 0. The van der Waals surface area contributed by atoms with Gasteiger partial charge in [0.2, 0.25) is 0 Å². The molecule has 0 radical (unpaired) electrons. The Balaban J connectivity index is 1.48. The van der Waals surface area contributed by atoms with E-state index in [2.05, 4.69) is 25.1 Å². The van der Waals surface area contributed by atoms with Gasteiger partial charge in [-0.3, -0.25) is 9.78 Å². The first-order valence-electron chi connectivity index (χ1n) is 10.5. The maximum atomic E-state index is 13.3. The van der Waals surface area contributed by atoms with Gasteiger partial charge >= 0.3 is 0 Å². The van der Waals surface area contributed by atoms with Gasteiger partial charge in [-0.1, -0.05) is 0 Å². The second-order valence-electron chi connectivity index (χ2n) is 7.75. The third-order valence-electron chi connectivity index (χ3n) is 5.77. The molecule has 3 aromatic rings. The summed E-state index contributed by atoms with van der Waals surface area (Å²) in [5.41, 5.74) is 3.16. The summed E-state index contributed by atoms with van der Waals surface area (Å²) in [7, 11) is 0. The predicted octanol–water partition coefficient (Wildman–Crippen LogP) is 2.68. The lowest BCUT2D eigenvalue weighted by Crippen LogP contribution is -2.37. The summed E-state index contributed by atoms with van der Waals surface area (Å²) in [5.74, 6) is 0.963. The number of nitrogens with zero attached hydrogens (tertiary/aromatic N) is 5. The first kappa shape index (κ1) is 19.4. The number of pyridine rings is 1. The van der Waals surface area contributed by atoms with E-state index in [1.807, 2.05) is 24.3 Å². The van der Waals surface area contributed by atoms with Gasteiger partial charge in [-0.15, -0.1) is 0 Å². The van der Waals surface area contributed by atoms with Gasteiger partial charge in [0, 0.05) is 61.9 Å². The highest BCUT2D eigenvalue weighted by molar-refractivity contribution is 5.96. The third kappa shape index (κ3) is 3.93. The molecule has 1 fully saturated rings. The summed E-state index contributed by atoms with van der Waals surface area (Å²) < 4.78 is 13.3. The molecule has 0 atom stereocenters. The van der Waals surface area contributed by atoms with Crippen molar-refractivity contribution in [3.8, 4) is 11.4 Å². The average molecular weight is 418 g/mol. The van der Waals surface area contributed by atoms with Gasteiger partial charge < -0.3 is 15.1 Å². The molecule has 0 aliphatic carbocycles. The third-order valence-corrected chi connectivity index (χ3v) is 5.77. The van der Waals surface area contributed by atoms with Crippen molar-refractivity contribution >= 4 is 17.4 Å². The SMILES string of the molecule is O=C1NCCc2c1nc(-c1cccnc1)nc2N1CCCN(c2ccc(F)cc2)CC1. The number of hydrogen-bond acceptors (Lipinski definition) is 6. The molecule has 2 aliphatic rings. The van der Waals surface area contributed by atoms with Crippen LogP contribution < -0.4 is 15.1 Å². The van der Waals surface area contributed by atoms with Gasteiger partial charge in [0.05, 0.1) is 0 Å². The van der Waals surface area contributed by atoms with Crippen LogP contribution in [0.3, 0.4) is 0 Å². The van der Waals surface area contributed by atoms with E-state index >= 15 is 0 Å². The maximum absolute atomic E-state index is 13.3. The first-order chi connectivity index (χ1) is 15.2. The van der Waals surface area contributed by atoms with Crippen LogP contribution in [-0.2, 0) is 6.42 Å². The van der Waals surface area contributed by atoms with Crippen molar-refractivity contribution in [2.75, 3.05) is 42.5 Å². The molecule has 1 amide bonds. The van der Waals surface area contributed by atoms with E-state index < -0.39 is 0 Å². The molecule has 2 aliphatic heterocycles. The van der Waals surface area contributed by atoms with Crippen molar-refractivity contribution in [3.05, 3.63) is 65.9 Å². The smallest absolute Gasteiger partial charge is 0.270 e. The van der Waals surface area contributed by atoms with Crippen LogP contribution in [0.5, 0.6) is 0 Å². The zero-order valence-corrected chi connectivity index (χ0v) is 17.1. The van der Waals surface area contributed by atoms with Crippen molar-refractivity contribution < 1.29 is 9.18 Å². The molecule has 1 saturated heterocycles. The van der Waals surface area contributed by atoms with Gasteiger partial charge in [-0.25, -0.2) is 14.4 Å². The molecule has 158 valence electrons. The average Bonchev–Trinajstić information content (AvgIpc) is 3.06. The lowest BCUT2D eigenvalue weighted by atomic mass is 10.0. The van der Waals surface area contributed by atoms with Crippen LogP contribution in [0.4, 0.5) is 15.9 Å². The topological polar surface area (TPSA) is 74.2 Å². The summed E-state index contributed by atoms with van der Waals surface area (Å²) in [6, 6.07) is 10.4. The summed E-state index contributed by atoms with van der Waals surface area (Å²) in [6.45, 7) is 3.85. The van der Waals surface area contributed by atoms with Crippen molar-refractivity contribution in [1.29, 1.82) is 0 Å². The molecule has 1 N–H and O–H groups in total. The highest BCUT2D eigenvalue weighted by Crippen LogP contribution is 2.28. The number of hydrogen-bond donors (Lipinski definition) is 1. The maximum Gasteiger partial charge on any atom is 0.270 e. The van der Waals surface area contributed by atoms with Crippen molar-refractivity contribution in [1.82, 2.24) is 20.3 Å². The van der Waals surface area contributed by atoms with E-state index in [-0.39, 0.29) is 11.7 Å². The van der Waals surface area contributed by atoms with Gasteiger partial charge in [-0.05, 0) is 49.2 Å². The Labute approximate surface area is 180 Å². The van der Waals surface area contributed by atoms with Crippen molar-refractivity contribution in [3.63, 3.8) is 0 Å². The van der Waals surface area contributed by atoms with E-state index in [4.69, 9.17) is 4.98 Å². The fraction of sp³-hybridized carbons (Fsp3) is 0.304. The summed E-state index contributed by atoms with van der Waals surface area (Å²) in [6.07, 6.45) is 5.06. The number of amides is 1. The molecule has 5 rings (SSSR count). The normalized spacial score (nSPS) is 16.5. The van der Waals surface area contributed by atoms with Crippen LogP contribution in [0.1, 0.15) is 22.5 Å². The second-order valence-corrected chi connectivity index (χ2v) is 7.75. The van der Waals surface area contributed by atoms with Crippen LogP contribution in [-0.4, -0.2) is 53.6 Å². The van der Waals surface area contributed by atoms with Crippen LogP contribution in [0.15, 0.2) is 48.8 Å². The molecule has 7 nitrogen and oxygen atoms in total. The zero-order valence-electron chi connectivity index (χ0n) is 17.1. The molecule has 8 heteroatoms. The summed E-state index contributed by atoms with van der Waals surface area (Å²) in [4.78, 5) is 30.7. The molecule has 4 heterocycles. The minimum Gasteiger partial charge on any atom is -0.370 e. The van der Waals surface area contributed by atoms with Gasteiger partial charge in [0.25, 0.3) is 5.91 Å². The molecule has 2 aromatic heterocycles. The van der Waals surface area contributed by atoms with E-state index in [0.717, 1.165) is 55.2 Å². The minimum absolute atomic E-state index is 0.155. The van der Waals surface area contributed by atoms with Crippen LogP contribution in [0, 0.1) is 5.82 Å². The Bertz CT molecular complexity index is 1090.